The summed E-state index contributed by atoms with van der Waals surface area (Å²) in [5.41, 5.74) is 0.346. The van der Waals surface area contributed by atoms with Crippen LogP contribution in [0.15, 0.2) is 53.4 Å². The van der Waals surface area contributed by atoms with Crippen molar-refractivity contribution in [3.8, 4) is 11.8 Å². The van der Waals surface area contributed by atoms with Gasteiger partial charge in [-0.1, -0.05) is 11.6 Å². The topological polar surface area (TPSA) is 87.5 Å². The van der Waals surface area contributed by atoms with Gasteiger partial charge in [0.25, 0.3) is 0 Å². The number of carbonyl (C=O) groups excluding carboxylic acids is 1. The monoisotopic (exact) mass is 364 g/mol. The van der Waals surface area contributed by atoms with Crippen LogP contribution in [-0.2, 0) is 14.8 Å². The lowest BCUT2D eigenvalue weighted by molar-refractivity contribution is -0.134. The summed E-state index contributed by atoms with van der Waals surface area (Å²) < 4.78 is 30.7. The number of nitrogens with zero attached hydrogens (tertiary/aromatic N) is 2. The van der Waals surface area contributed by atoms with Gasteiger partial charge in [0.1, 0.15) is 12.3 Å². The molecular weight excluding hydrogens is 352 g/mol. The summed E-state index contributed by atoms with van der Waals surface area (Å²) in [4.78, 5) is 11.9. The molecule has 0 aliphatic carbocycles. The van der Waals surface area contributed by atoms with Crippen molar-refractivity contribution in [2.24, 2.45) is 0 Å². The largest absolute Gasteiger partial charge is 0.426 e. The first-order valence-electron chi connectivity index (χ1n) is 6.75. The number of sulfonamides is 1. The zero-order valence-electron chi connectivity index (χ0n) is 12.6. The van der Waals surface area contributed by atoms with Gasteiger partial charge in [0.2, 0.25) is 10.0 Å². The van der Waals surface area contributed by atoms with Crippen molar-refractivity contribution in [3.05, 3.63) is 59.1 Å². The van der Waals surface area contributed by atoms with E-state index in [-0.39, 0.29) is 10.6 Å². The second-order valence-electron chi connectivity index (χ2n) is 4.83. The molecular formula is C16H13ClN2O4S. The van der Waals surface area contributed by atoms with Gasteiger partial charge in [-0.05, 0) is 48.5 Å². The fourth-order valence-electron chi connectivity index (χ4n) is 1.81. The molecule has 24 heavy (non-hydrogen) atoms. The number of hydrogen-bond donors (Lipinski definition) is 0. The molecule has 0 radical (unpaired) electrons. The van der Waals surface area contributed by atoms with Gasteiger partial charge in [-0.3, -0.25) is 4.79 Å². The van der Waals surface area contributed by atoms with Gasteiger partial charge in [0, 0.05) is 12.1 Å². The van der Waals surface area contributed by atoms with E-state index in [1.54, 1.807) is 12.1 Å². The fourth-order valence-corrected chi connectivity index (χ4v) is 3.06. The minimum atomic E-state index is -3.86. The highest BCUT2D eigenvalue weighted by atomic mass is 35.5. The second-order valence-corrected chi connectivity index (χ2v) is 7.31. The minimum Gasteiger partial charge on any atom is -0.426 e. The lowest BCUT2D eigenvalue weighted by atomic mass is 10.2. The summed E-state index contributed by atoms with van der Waals surface area (Å²) in [5, 5.41) is 9.23. The molecule has 0 heterocycles. The Morgan fingerprint density at radius 1 is 1.17 bits per heavy atom. The summed E-state index contributed by atoms with van der Waals surface area (Å²) in [5.74, 6) is -0.453. The van der Waals surface area contributed by atoms with Gasteiger partial charge in [0.15, 0.2) is 0 Å². The standard InChI is InChI=1S/C16H13ClN2O4S/c1-19(11-16(20)23-14-6-4-13(17)5-7-14)24(21,22)15-8-2-12(10-18)3-9-15/h2-9H,11H2,1H3. The lowest BCUT2D eigenvalue weighted by Crippen LogP contribution is -2.34. The third-order valence-electron chi connectivity index (χ3n) is 3.09. The Balaban J connectivity index is 2.06. The van der Waals surface area contributed by atoms with Crippen LogP contribution in [0.25, 0.3) is 0 Å². The van der Waals surface area contributed by atoms with Crippen molar-refractivity contribution in [2.45, 2.75) is 4.90 Å². The van der Waals surface area contributed by atoms with E-state index in [2.05, 4.69) is 0 Å². The highest BCUT2D eigenvalue weighted by Gasteiger charge is 2.23. The number of rotatable bonds is 5. The van der Waals surface area contributed by atoms with Crippen LogP contribution in [0.4, 0.5) is 0 Å². The molecule has 0 atom stereocenters. The summed E-state index contributed by atoms with van der Waals surface area (Å²) in [7, 11) is -2.58. The molecule has 0 saturated heterocycles. The normalized spacial score (nSPS) is 11.1. The van der Waals surface area contributed by atoms with E-state index < -0.39 is 22.5 Å². The lowest BCUT2D eigenvalue weighted by Gasteiger charge is -2.16. The quantitative estimate of drug-likeness (QED) is 0.600. The van der Waals surface area contributed by atoms with Gasteiger partial charge in [-0.2, -0.15) is 9.57 Å². The highest BCUT2D eigenvalue weighted by Crippen LogP contribution is 2.17. The van der Waals surface area contributed by atoms with Crippen LogP contribution in [0, 0.1) is 11.3 Å². The molecule has 124 valence electrons. The molecule has 0 aromatic heterocycles. The number of esters is 1. The second kappa shape index (κ2) is 7.45. The van der Waals surface area contributed by atoms with Crippen LogP contribution in [0.3, 0.4) is 0 Å². The summed E-state index contributed by atoms with van der Waals surface area (Å²) in [6, 6.07) is 13.5. The van der Waals surface area contributed by atoms with Gasteiger partial charge in [-0.15, -0.1) is 0 Å². The van der Waals surface area contributed by atoms with Crippen LogP contribution in [0.5, 0.6) is 5.75 Å². The number of hydrogen-bond acceptors (Lipinski definition) is 5. The zero-order chi connectivity index (χ0) is 17.7. The van der Waals surface area contributed by atoms with Gasteiger partial charge in [-0.25, -0.2) is 8.42 Å². The van der Waals surface area contributed by atoms with Crippen molar-refractivity contribution in [2.75, 3.05) is 13.6 Å². The van der Waals surface area contributed by atoms with E-state index in [4.69, 9.17) is 21.6 Å². The number of halogens is 1. The Bertz CT molecular complexity index is 872. The van der Waals surface area contributed by atoms with Crippen LogP contribution >= 0.6 is 11.6 Å². The van der Waals surface area contributed by atoms with Crippen molar-refractivity contribution in [3.63, 3.8) is 0 Å². The van der Waals surface area contributed by atoms with Crippen molar-refractivity contribution >= 4 is 27.6 Å². The summed E-state index contributed by atoms with van der Waals surface area (Å²) in [6.07, 6.45) is 0. The SMILES string of the molecule is CN(CC(=O)Oc1ccc(Cl)cc1)S(=O)(=O)c1ccc(C#N)cc1. The zero-order valence-corrected chi connectivity index (χ0v) is 14.2. The molecule has 2 rings (SSSR count). The molecule has 6 nitrogen and oxygen atoms in total. The van der Waals surface area contributed by atoms with Crippen LogP contribution in [0.2, 0.25) is 5.02 Å². The number of carbonyl (C=O) groups is 1. The molecule has 0 spiro atoms. The number of nitriles is 1. The van der Waals surface area contributed by atoms with E-state index in [1.807, 2.05) is 6.07 Å². The molecule has 2 aromatic carbocycles. The number of likely N-dealkylation sites (N-methyl/N-ethyl adjacent to an activating group) is 1. The van der Waals surface area contributed by atoms with Crippen molar-refractivity contribution in [1.29, 1.82) is 5.26 Å². The molecule has 0 aliphatic rings. The van der Waals surface area contributed by atoms with Gasteiger partial charge >= 0.3 is 5.97 Å². The first-order chi connectivity index (χ1) is 11.3. The van der Waals surface area contributed by atoms with Gasteiger partial charge in [0.05, 0.1) is 16.5 Å². The number of ether oxygens (including phenoxy) is 1. The first kappa shape index (κ1) is 17.9. The maximum Gasteiger partial charge on any atom is 0.326 e. The molecule has 0 amide bonds. The molecule has 2 aromatic rings. The Hall–Kier alpha value is -2.40. The smallest absolute Gasteiger partial charge is 0.326 e. The van der Waals surface area contributed by atoms with Crippen LogP contribution < -0.4 is 4.74 Å². The maximum atomic E-state index is 12.4. The first-order valence-corrected chi connectivity index (χ1v) is 8.57. The Kier molecular flexibility index (Phi) is 5.57. The summed E-state index contributed by atoms with van der Waals surface area (Å²) in [6.45, 7) is -0.453. The third kappa shape index (κ3) is 4.32. The molecule has 0 saturated carbocycles. The van der Waals surface area contributed by atoms with E-state index >= 15 is 0 Å². The average Bonchev–Trinajstić information content (AvgIpc) is 2.57. The van der Waals surface area contributed by atoms with Gasteiger partial charge < -0.3 is 4.74 Å². The van der Waals surface area contributed by atoms with Crippen LogP contribution in [0.1, 0.15) is 5.56 Å². The van der Waals surface area contributed by atoms with E-state index in [0.717, 1.165) is 4.31 Å². The molecule has 0 unspecified atom stereocenters. The van der Waals surface area contributed by atoms with E-state index in [9.17, 15) is 13.2 Å². The van der Waals surface area contributed by atoms with Crippen molar-refractivity contribution < 1.29 is 17.9 Å². The third-order valence-corrected chi connectivity index (χ3v) is 5.16. The van der Waals surface area contributed by atoms with Crippen molar-refractivity contribution in [1.82, 2.24) is 4.31 Å². The Morgan fingerprint density at radius 3 is 2.29 bits per heavy atom. The number of benzene rings is 2. The molecule has 0 bridgehead atoms. The molecule has 0 N–H and O–H groups in total. The Morgan fingerprint density at radius 2 is 1.75 bits per heavy atom. The average molecular weight is 365 g/mol. The Labute approximate surface area is 144 Å². The minimum absolute atomic E-state index is 0.0108. The maximum absolute atomic E-state index is 12.4. The molecule has 0 fully saturated rings. The molecule has 0 aliphatic heterocycles. The van der Waals surface area contributed by atoms with E-state index in [0.29, 0.717) is 10.6 Å². The van der Waals surface area contributed by atoms with E-state index in [1.165, 1.54) is 43.4 Å². The molecule has 8 heteroatoms. The predicted molar refractivity (Wildman–Crippen MR) is 88.1 cm³/mol. The fraction of sp³-hybridized carbons (Fsp3) is 0.125. The summed E-state index contributed by atoms with van der Waals surface area (Å²) >= 11 is 5.73. The van der Waals surface area contributed by atoms with Crippen LogP contribution in [-0.4, -0.2) is 32.3 Å². The highest BCUT2D eigenvalue weighted by molar-refractivity contribution is 7.89. The predicted octanol–water partition coefficient (Wildman–Crippen LogP) is 2.44.